The van der Waals surface area contributed by atoms with Crippen LogP contribution in [0.3, 0.4) is 0 Å². The summed E-state index contributed by atoms with van der Waals surface area (Å²) in [6, 6.07) is 0. The van der Waals surface area contributed by atoms with E-state index in [0.717, 1.165) is 12.8 Å². The van der Waals surface area contributed by atoms with Crippen molar-refractivity contribution in [2.24, 2.45) is 11.7 Å². The van der Waals surface area contributed by atoms with E-state index in [1.807, 2.05) is 0 Å². The van der Waals surface area contributed by atoms with Crippen LogP contribution in [0.2, 0.25) is 0 Å². The molecule has 0 bridgehead atoms. The molecule has 3 atom stereocenters. The lowest BCUT2D eigenvalue weighted by Gasteiger charge is -2.29. The summed E-state index contributed by atoms with van der Waals surface area (Å²) in [5.74, 6) is 0.297. The van der Waals surface area contributed by atoms with Crippen LogP contribution in [-0.2, 0) is 9.47 Å². The van der Waals surface area contributed by atoms with E-state index in [1.165, 1.54) is 6.42 Å². The van der Waals surface area contributed by atoms with E-state index in [2.05, 4.69) is 20.8 Å². The molecule has 1 saturated heterocycles. The number of nitrogens with two attached hydrogens (primary N) is 1. The molecule has 1 aliphatic rings. The van der Waals surface area contributed by atoms with Gasteiger partial charge in [0.25, 0.3) is 0 Å². The highest BCUT2D eigenvalue weighted by atomic mass is 16.7. The van der Waals surface area contributed by atoms with Gasteiger partial charge in [-0.15, -0.1) is 0 Å². The Morgan fingerprint density at radius 3 is 2.64 bits per heavy atom. The van der Waals surface area contributed by atoms with Crippen molar-refractivity contribution in [3.8, 4) is 0 Å². The molecule has 3 nitrogen and oxygen atoms in total. The van der Waals surface area contributed by atoms with Crippen LogP contribution in [-0.4, -0.2) is 25.0 Å². The lowest BCUT2D eigenvalue weighted by Crippen LogP contribution is -2.33. The molecule has 0 aliphatic carbocycles. The van der Waals surface area contributed by atoms with Gasteiger partial charge in [-0.1, -0.05) is 27.2 Å². The van der Waals surface area contributed by atoms with Gasteiger partial charge in [-0.25, -0.2) is 0 Å². The van der Waals surface area contributed by atoms with E-state index < -0.39 is 0 Å². The average Bonchev–Trinajstić information content (AvgIpc) is 2.62. The second-order valence-electron chi connectivity index (χ2n) is 4.27. The van der Waals surface area contributed by atoms with Crippen molar-refractivity contribution >= 4 is 0 Å². The minimum atomic E-state index is -0.348. The van der Waals surface area contributed by atoms with Gasteiger partial charge in [0.15, 0.2) is 5.79 Å². The highest BCUT2D eigenvalue weighted by Gasteiger charge is 2.40. The largest absolute Gasteiger partial charge is 0.347 e. The molecule has 0 aromatic rings. The molecule has 0 aromatic heterocycles. The summed E-state index contributed by atoms with van der Waals surface area (Å²) < 4.78 is 11.6. The lowest BCUT2D eigenvalue weighted by molar-refractivity contribution is -0.180. The zero-order valence-corrected chi connectivity index (χ0v) is 9.58. The minimum absolute atomic E-state index is 0.0963. The fourth-order valence-electron chi connectivity index (χ4n) is 1.84. The Labute approximate surface area is 86.9 Å². The predicted molar refractivity (Wildman–Crippen MR) is 57.0 cm³/mol. The Bertz CT molecular complexity index is 175. The van der Waals surface area contributed by atoms with Gasteiger partial charge in [0.2, 0.25) is 0 Å². The van der Waals surface area contributed by atoms with Crippen molar-refractivity contribution in [3.05, 3.63) is 0 Å². The van der Waals surface area contributed by atoms with E-state index in [4.69, 9.17) is 15.2 Å². The van der Waals surface area contributed by atoms with Crippen molar-refractivity contribution in [1.82, 2.24) is 0 Å². The van der Waals surface area contributed by atoms with Gasteiger partial charge in [0.05, 0.1) is 12.7 Å². The van der Waals surface area contributed by atoms with Crippen molar-refractivity contribution in [2.75, 3.05) is 13.2 Å². The molecule has 0 saturated carbocycles. The molecule has 84 valence electrons. The maximum atomic E-state index is 5.87. The summed E-state index contributed by atoms with van der Waals surface area (Å²) in [5.41, 5.74) is 5.57. The quantitative estimate of drug-likeness (QED) is 0.739. The SMILES string of the molecule is CCC(C)CC1(CC)OCC(CN)O1. The Kier molecular flexibility index (Phi) is 4.35. The molecule has 1 rings (SSSR count). The molecule has 1 aliphatic heterocycles. The maximum absolute atomic E-state index is 5.87. The zero-order valence-electron chi connectivity index (χ0n) is 9.58. The van der Waals surface area contributed by atoms with Gasteiger partial charge in [0.1, 0.15) is 0 Å². The van der Waals surface area contributed by atoms with Gasteiger partial charge >= 0.3 is 0 Å². The topological polar surface area (TPSA) is 44.5 Å². The van der Waals surface area contributed by atoms with E-state index in [1.54, 1.807) is 0 Å². The Morgan fingerprint density at radius 1 is 1.50 bits per heavy atom. The van der Waals surface area contributed by atoms with Gasteiger partial charge in [-0.2, -0.15) is 0 Å². The monoisotopic (exact) mass is 201 g/mol. The standard InChI is InChI=1S/C11H23NO2/c1-4-9(3)6-11(5-2)13-8-10(7-12)14-11/h9-10H,4-8,12H2,1-3H3. The zero-order chi connectivity index (χ0) is 10.6. The summed E-state index contributed by atoms with van der Waals surface area (Å²) in [5, 5.41) is 0. The summed E-state index contributed by atoms with van der Waals surface area (Å²) >= 11 is 0. The third kappa shape index (κ3) is 2.69. The molecule has 0 amide bonds. The Morgan fingerprint density at radius 2 is 2.21 bits per heavy atom. The summed E-state index contributed by atoms with van der Waals surface area (Å²) in [7, 11) is 0. The first kappa shape index (κ1) is 12.0. The molecule has 0 spiro atoms. The number of hydrogen-bond acceptors (Lipinski definition) is 3. The maximum Gasteiger partial charge on any atom is 0.168 e. The van der Waals surface area contributed by atoms with E-state index >= 15 is 0 Å². The van der Waals surface area contributed by atoms with E-state index in [-0.39, 0.29) is 11.9 Å². The third-order valence-corrected chi connectivity index (χ3v) is 3.07. The van der Waals surface area contributed by atoms with Crippen molar-refractivity contribution in [2.45, 2.75) is 51.9 Å². The van der Waals surface area contributed by atoms with Crippen LogP contribution in [0.5, 0.6) is 0 Å². The predicted octanol–water partition coefficient (Wildman–Crippen LogP) is 1.90. The first-order valence-electron chi connectivity index (χ1n) is 5.67. The highest BCUT2D eigenvalue weighted by molar-refractivity contribution is 4.80. The molecule has 3 heteroatoms. The van der Waals surface area contributed by atoms with Crippen LogP contribution in [0, 0.1) is 5.92 Å². The van der Waals surface area contributed by atoms with Crippen LogP contribution in [0.25, 0.3) is 0 Å². The molecule has 1 fully saturated rings. The highest BCUT2D eigenvalue weighted by Crippen LogP contribution is 2.33. The third-order valence-electron chi connectivity index (χ3n) is 3.07. The molecule has 1 heterocycles. The van der Waals surface area contributed by atoms with Gasteiger partial charge in [-0.05, 0) is 12.3 Å². The van der Waals surface area contributed by atoms with Gasteiger partial charge in [0, 0.05) is 13.0 Å². The number of rotatable bonds is 5. The van der Waals surface area contributed by atoms with Crippen molar-refractivity contribution < 1.29 is 9.47 Å². The summed E-state index contributed by atoms with van der Waals surface area (Å²) in [6.45, 7) is 7.76. The van der Waals surface area contributed by atoms with E-state index in [0.29, 0.717) is 19.1 Å². The fourth-order valence-corrected chi connectivity index (χ4v) is 1.84. The number of ether oxygens (including phenoxy) is 2. The second kappa shape index (κ2) is 5.10. The lowest BCUT2D eigenvalue weighted by atomic mass is 9.97. The van der Waals surface area contributed by atoms with Crippen LogP contribution in [0.4, 0.5) is 0 Å². The normalized spacial score (nSPS) is 34.7. The molecule has 14 heavy (non-hydrogen) atoms. The van der Waals surface area contributed by atoms with Gasteiger partial charge in [-0.3, -0.25) is 0 Å². The summed E-state index contributed by atoms with van der Waals surface area (Å²) in [6.07, 6.45) is 3.16. The first-order valence-corrected chi connectivity index (χ1v) is 5.67. The van der Waals surface area contributed by atoms with Crippen LogP contribution >= 0.6 is 0 Å². The van der Waals surface area contributed by atoms with E-state index in [9.17, 15) is 0 Å². The Hall–Kier alpha value is -0.120. The molecular weight excluding hydrogens is 178 g/mol. The smallest absolute Gasteiger partial charge is 0.168 e. The molecule has 0 aromatic carbocycles. The van der Waals surface area contributed by atoms with Crippen molar-refractivity contribution in [1.29, 1.82) is 0 Å². The van der Waals surface area contributed by atoms with Crippen LogP contribution in [0.15, 0.2) is 0 Å². The summed E-state index contributed by atoms with van der Waals surface area (Å²) in [4.78, 5) is 0. The molecular formula is C11H23NO2. The molecule has 2 N–H and O–H groups in total. The average molecular weight is 201 g/mol. The first-order chi connectivity index (χ1) is 6.65. The van der Waals surface area contributed by atoms with Crippen LogP contribution < -0.4 is 5.73 Å². The Balaban J connectivity index is 2.51. The minimum Gasteiger partial charge on any atom is -0.347 e. The fraction of sp³-hybridized carbons (Fsp3) is 1.00. The molecule has 0 radical (unpaired) electrons. The second-order valence-corrected chi connectivity index (χ2v) is 4.27. The van der Waals surface area contributed by atoms with Crippen LogP contribution in [0.1, 0.15) is 40.0 Å². The van der Waals surface area contributed by atoms with Crippen molar-refractivity contribution in [3.63, 3.8) is 0 Å². The number of hydrogen-bond donors (Lipinski definition) is 1. The van der Waals surface area contributed by atoms with Gasteiger partial charge < -0.3 is 15.2 Å². The molecule has 3 unspecified atom stereocenters.